The molecular formula is C14H24N4O. The summed E-state index contributed by atoms with van der Waals surface area (Å²) in [5, 5.41) is 2.91. The lowest BCUT2D eigenvalue weighted by atomic mass is 10.2. The van der Waals surface area contributed by atoms with Gasteiger partial charge in [0, 0.05) is 17.8 Å². The molecule has 106 valence electrons. The summed E-state index contributed by atoms with van der Waals surface area (Å²) in [6.45, 7) is 9.89. The molecule has 1 heterocycles. The average Bonchev–Trinajstić information content (AvgIpc) is 2.37. The number of hydrogen-bond donors (Lipinski definition) is 2. The van der Waals surface area contributed by atoms with Crippen molar-refractivity contribution in [3.8, 4) is 0 Å². The molecule has 0 saturated carbocycles. The Morgan fingerprint density at radius 2 is 2.05 bits per heavy atom. The normalized spacial score (nSPS) is 10.7. The SMILES string of the molecule is CCN(CC)CCCNC(=O)c1cc(C)nc(N)c1. The molecule has 0 atom stereocenters. The first kappa shape index (κ1) is 15.4. The van der Waals surface area contributed by atoms with E-state index >= 15 is 0 Å². The molecule has 0 aliphatic rings. The highest BCUT2D eigenvalue weighted by molar-refractivity contribution is 5.94. The smallest absolute Gasteiger partial charge is 0.251 e. The van der Waals surface area contributed by atoms with Gasteiger partial charge in [-0.2, -0.15) is 0 Å². The minimum atomic E-state index is -0.0863. The van der Waals surface area contributed by atoms with Crippen molar-refractivity contribution >= 4 is 11.7 Å². The number of aromatic nitrogens is 1. The first-order valence-corrected chi connectivity index (χ1v) is 6.81. The van der Waals surface area contributed by atoms with Crippen LogP contribution in [-0.2, 0) is 0 Å². The number of aryl methyl sites for hydroxylation is 1. The number of nitrogens with one attached hydrogen (secondary N) is 1. The van der Waals surface area contributed by atoms with E-state index in [-0.39, 0.29) is 5.91 Å². The number of nitrogen functional groups attached to an aromatic ring is 1. The summed E-state index contributed by atoms with van der Waals surface area (Å²) >= 11 is 0. The maximum atomic E-state index is 11.9. The second kappa shape index (κ2) is 7.74. The number of carbonyl (C=O) groups excluding carboxylic acids is 1. The van der Waals surface area contributed by atoms with E-state index in [1.54, 1.807) is 12.1 Å². The van der Waals surface area contributed by atoms with Gasteiger partial charge in [0.2, 0.25) is 0 Å². The van der Waals surface area contributed by atoms with Gasteiger partial charge in [-0.3, -0.25) is 4.79 Å². The number of rotatable bonds is 7. The molecule has 0 fully saturated rings. The van der Waals surface area contributed by atoms with Crippen LogP contribution in [0.5, 0.6) is 0 Å². The molecule has 5 heteroatoms. The van der Waals surface area contributed by atoms with Gasteiger partial charge in [0.05, 0.1) is 0 Å². The number of hydrogen-bond acceptors (Lipinski definition) is 4. The minimum Gasteiger partial charge on any atom is -0.384 e. The summed E-state index contributed by atoms with van der Waals surface area (Å²) in [7, 11) is 0. The molecule has 19 heavy (non-hydrogen) atoms. The molecule has 0 spiro atoms. The fraction of sp³-hybridized carbons (Fsp3) is 0.571. The van der Waals surface area contributed by atoms with Crippen LogP contribution in [-0.4, -0.2) is 42.0 Å². The Balaban J connectivity index is 2.39. The topological polar surface area (TPSA) is 71.2 Å². The van der Waals surface area contributed by atoms with Crippen molar-refractivity contribution < 1.29 is 4.79 Å². The molecule has 1 aromatic rings. The van der Waals surface area contributed by atoms with E-state index in [1.165, 1.54) is 0 Å². The Morgan fingerprint density at radius 1 is 1.37 bits per heavy atom. The predicted molar refractivity (Wildman–Crippen MR) is 78.1 cm³/mol. The number of anilines is 1. The van der Waals surface area contributed by atoms with Gasteiger partial charge >= 0.3 is 0 Å². The first-order chi connectivity index (χ1) is 9.06. The highest BCUT2D eigenvalue weighted by Gasteiger charge is 2.07. The van der Waals surface area contributed by atoms with E-state index < -0.39 is 0 Å². The van der Waals surface area contributed by atoms with Crippen LogP contribution in [0.3, 0.4) is 0 Å². The van der Waals surface area contributed by atoms with Crippen LogP contribution in [0.4, 0.5) is 5.82 Å². The number of pyridine rings is 1. The molecule has 0 radical (unpaired) electrons. The van der Waals surface area contributed by atoms with Crippen LogP contribution in [0.2, 0.25) is 0 Å². The molecule has 0 aromatic carbocycles. The Bertz CT molecular complexity index is 396. The van der Waals surface area contributed by atoms with Crippen molar-refractivity contribution in [1.82, 2.24) is 15.2 Å². The monoisotopic (exact) mass is 264 g/mol. The molecule has 0 bridgehead atoms. The van der Waals surface area contributed by atoms with Gasteiger partial charge in [0.25, 0.3) is 5.91 Å². The molecule has 0 aliphatic carbocycles. The van der Waals surface area contributed by atoms with Crippen LogP contribution in [0.1, 0.15) is 36.3 Å². The summed E-state index contributed by atoms with van der Waals surface area (Å²) < 4.78 is 0. The van der Waals surface area contributed by atoms with Crippen LogP contribution in [0, 0.1) is 6.92 Å². The highest BCUT2D eigenvalue weighted by Crippen LogP contribution is 2.06. The van der Waals surface area contributed by atoms with E-state index in [2.05, 4.69) is 29.0 Å². The Kier molecular flexibility index (Phi) is 6.29. The third-order valence-electron chi connectivity index (χ3n) is 3.07. The average molecular weight is 264 g/mol. The highest BCUT2D eigenvalue weighted by atomic mass is 16.1. The lowest BCUT2D eigenvalue weighted by Crippen LogP contribution is -2.30. The molecule has 0 saturated heterocycles. The fourth-order valence-electron chi connectivity index (χ4n) is 1.97. The summed E-state index contributed by atoms with van der Waals surface area (Å²) in [5.41, 5.74) is 6.96. The third kappa shape index (κ3) is 5.26. The fourth-order valence-corrected chi connectivity index (χ4v) is 1.97. The Morgan fingerprint density at radius 3 is 2.63 bits per heavy atom. The molecule has 0 unspecified atom stereocenters. The first-order valence-electron chi connectivity index (χ1n) is 6.81. The number of nitrogens with zero attached hydrogens (tertiary/aromatic N) is 2. The molecule has 3 N–H and O–H groups in total. The van der Waals surface area contributed by atoms with Crippen LogP contribution >= 0.6 is 0 Å². The maximum Gasteiger partial charge on any atom is 0.251 e. The third-order valence-corrected chi connectivity index (χ3v) is 3.07. The minimum absolute atomic E-state index is 0.0863. The molecule has 0 aliphatic heterocycles. The summed E-state index contributed by atoms with van der Waals surface area (Å²) in [6, 6.07) is 3.35. The van der Waals surface area contributed by atoms with Crippen molar-refractivity contribution in [1.29, 1.82) is 0 Å². The number of nitrogens with two attached hydrogens (primary N) is 1. The quantitative estimate of drug-likeness (QED) is 0.731. The molecule has 1 rings (SSSR count). The van der Waals surface area contributed by atoms with Crippen LogP contribution in [0.25, 0.3) is 0 Å². The van der Waals surface area contributed by atoms with Crippen molar-refractivity contribution in [3.05, 3.63) is 23.4 Å². The number of carbonyl (C=O) groups is 1. The number of amides is 1. The Labute approximate surface area is 115 Å². The van der Waals surface area contributed by atoms with Crippen LogP contribution < -0.4 is 11.1 Å². The zero-order valence-corrected chi connectivity index (χ0v) is 12.1. The molecule has 1 amide bonds. The van der Waals surface area contributed by atoms with E-state index in [0.29, 0.717) is 17.9 Å². The summed E-state index contributed by atoms with van der Waals surface area (Å²) in [5.74, 6) is 0.296. The van der Waals surface area contributed by atoms with Gasteiger partial charge in [-0.15, -0.1) is 0 Å². The zero-order chi connectivity index (χ0) is 14.3. The van der Waals surface area contributed by atoms with E-state index in [0.717, 1.165) is 31.7 Å². The second-order valence-electron chi connectivity index (χ2n) is 4.56. The molecule has 1 aromatic heterocycles. The maximum absolute atomic E-state index is 11.9. The Hall–Kier alpha value is -1.62. The van der Waals surface area contributed by atoms with E-state index in [4.69, 9.17) is 5.73 Å². The van der Waals surface area contributed by atoms with Gasteiger partial charge in [0.1, 0.15) is 5.82 Å². The van der Waals surface area contributed by atoms with E-state index in [9.17, 15) is 4.79 Å². The van der Waals surface area contributed by atoms with Crippen LogP contribution in [0.15, 0.2) is 12.1 Å². The largest absolute Gasteiger partial charge is 0.384 e. The second-order valence-corrected chi connectivity index (χ2v) is 4.56. The standard InChI is InChI=1S/C14H24N4O/c1-4-18(5-2)8-6-7-16-14(19)12-9-11(3)17-13(15)10-12/h9-10H,4-8H2,1-3H3,(H2,15,17)(H,16,19). The molecule has 5 nitrogen and oxygen atoms in total. The van der Waals surface area contributed by atoms with Crippen molar-refractivity contribution in [2.24, 2.45) is 0 Å². The van der Waals surface area contributed by atoms with Gasteiger partial charge < -0.3 is 16.0 Å². The zero-order valence-electron chi connectivity index (χ0n) is 12.1. The van der Waals surface area contributed by atoms with Crippen molar-refractivity contribution in [2.75, 3.05) is 31.9 Å². The molecular weight excluding hydrogens is 240 g/mol. The van der Waals surface area contributed by atoms with Gasteiger partial charge in [-0.05, 0) is 45.1 Å². The van der Waals surface area contributed by atoms with Gasteiger partial charge in [0.15, 0.2) is 0 Å². The van der Waals surface area contributed by atoms with Crippen molar-refractivity contribution in [2.45, 2.75) is 27.2 Å². The lowest BCUT2D eigenvalue weighted by molar-refractivity contribution is 0.0951. The predicted octanol–water partition coefficient (Wildman–Crippen LogP) is 1.43. The summed E-state index contributed by atoms with van der Waals surface area (Å²) in [6.07, 6.45) is 0.951. The summed E-state index contributed by atoms with van der Waals surface area (Å²) in [4.78, 5) is 18.3. The lowest BCUT2D eigenvalue weighted by Gasteiger charge is -2.17. The van der Waals surface area contributed by atoms with Crippen molar-refractivity contribution in [3.63, 3.8) is 0 Å². The van der Waals surface area contributed by atoms with Gasteiger partial charge in [-0.25, -0.2) is 4.98 Å². The van der Waals surface area contributed by atoms with E-state index in [1.807, 2.05) is 6.92 Å². The van der Waals surface area contributed by atoms with Gasteiger partial charge in [-0.1, -0.05) is 13.8 Å².